The highest BCUT2D eigenvalue weighted by molar-refractivity contribution is 5.69. The fourth-order valence-electron chi connectivity index (χ4n) is 2.19. The molecule has 4 nitrogen and oxygen atoms in total. The summed E-state index contributed by atoms with van der Waals surface area (Å²) in [5.41, 5.74) is 1.86. The maximum atomic E-state index is 11.2. The van der Waals surface area contributed by atoms with Crippen LogP contribution in [0.3, 0.4) is 0 Å². The lowest BCUT2D eigenvalue weighted by atomic mass is 10.1. The molecule has 1 rings (SSSR count). The third-order valence-corrected chi connectivity index (χ3v) is 3.23. The monoisotopic (exact) mass is 288 g/mol. The van der Waals surface area contributed by atoms with E-state index < -0.39 is 0 Å². The number of hydrogen-bond donors (Lipinski definition) is 0. The molecule has 0 aliphatic heterocycles. The summed E-state index contributed by atoms with van der Waals surface area (Å²) in [6.45, 7) is 4.12. The van der Waals surface area contributed by atoms with Crippen molar-refractivity contribution in [2.45, 2.75) is 39.2 Å². The summed E-state index contributed by atoms with van der Waals surface area (Å²) in [5, 5.41) is 8.88. The molecule has 0 aliphatic carbocycles. The number of rotatable bonds is 9. The van der Waals surface area contributed by atoms with Gasteiger partial charge in [-0.3, -0.25) is 4.79 Å². The third-order valence-electron chi connectivity index (χ3n) is 3.23. The molecule has 0 aliphatic rings. The summed E-state index contributed by atoms with van der Waals surface area (Å²) in [5.74, 6) is -0.0980. The normalized spacial score (nSPS) is 10.4. The third kappa shape index (κ3) is 7.48. The lowest BCUT2D eigenvalue weighted by Crippen LogP contribution is -2.19. The Kier molecular flexibility index (Phi) is 8.15. The number of hydrogen-bond acceptors (Lipinski definition) is 4. The molecule has 0 saturated carbocycles. The van der Waals surface area contributed by atoms with Crippen LogP contribution in [0, 0.1) is 11.3 Å². The van der Waals surface area contributed by atoms with Gasteiger partial charge in [-0.25, -0.2) is 0 Å². The molecule has 0 bridgehead atoms. The lowest BCUT2D eigenvalue weighted by molar-refractivity contribution is -0.143. The van der Waals surface area contributed by atoms with Crippen LogP contribution in [0.25, 0.3) is 0 Å². The quantitative estimate of drug-likeness (QED) is 0.517. The molecule has 0 N–H and O–H groups in total. The largest absolute Gasteiger partial charge is 0.466 e. The molecule has 0 atom stereocenters. The fraction of sp³-hybridized carbons (Fsp3) is 0.529. The van der Waals surface area contributed by atoms with Crippen LogP contribution in [0.1, 0.15) is 43.7 Å². The van der Waals surface area contributed by atoms with Crippen molar-refractivity contribution in [1.82, 2.24) is 4.90 Å². The van der Waals surface area contributed by atoms with E-state index >= 15 is 0 Å². The molecule has 0 spiro atoms. The maximum absolute atomic E-state index is 11.2. The first kappa shape index (κ1) is 17.2. The van der Waals surface area contributed by atoms with Gasteiger partial charge >= 0.3 is 5.97 Å². The molecule has 0 amide bonds. The van der Waals surface area contributed by atoms with Crippen molar-refractivity contribution < 1.29 is 9.53 Å². The van der Waals surface area contributed by atoms with Crippen LogP contribution in [0.5, 0.6) is 0 Å². The first-order chi connectivity index (χ1) is 10.2. The predicted molar refractivity (Wildman–Crippen MR) is 82.6 cm³/mol. The zero-order valence-corrected chi connectivity index (χ0v) is 13.0. The second kappa shape index (κ2) is 9.95. The van der Waals surface area contributed by atoms with Gasteiger partial charge in [0.1, 0.15) is 0 Å². The number of nitrogens with zero attached hydrogens (tertiary/aromatic N) is 2. The Morgan fingerprint density at radius 1 is 1.33 bits per heavy atom. The summed E-state index contributed by atoms with van der Waals surface area (Å²) in [6, 6.07) is 9.86. The van der Waals surface area contributed by atoms with Crippen LogP contribution in [0.15, 0.2) is 24.3 Å². The topological polar surface area (TPSA) is 53.3 Å². The smallest absolute Gasteiger partial charge is 0.305 e. The Morgan fingerprint density at radius 2 is 2.14 bits per heavy atom. The van der Waals surface area contributed by atoms with Gasteiger partial charge in [0.15, 0.2) is 0 Å². The Hall–Kier alpha value is -1.86. The van der Waals surface area contributed by atoms with E-state index in [1.807, 2.05) is 31.2 Å². The van der Waals surface area contributed by atoms with Crippen LogP contribution in [-0.4, -0.2) is 31.1 Å². The maximum Gasteiger partial charge on any atom is 0.305 e. The van der Waals surface area contributed by atoms with Gasteiger partial charge < -0.3 is 9.64 Å². The highest BCUT2D eigenvalue weighted by atomic mass is 16.5. The zero-order chi connectivity index (χ0) is 15.5. The van der Waals surface area contributed by atoms with Crippen LogP contribution in [-0.2, 0) is 16.1 Å². The van der Waals surface area contributed by atoms with Gasteiger partial charge in [0.2, 0.25) is 0 Å². The van der Waals surface area contributed by atoms with Crippen molar-refractivity contribution >= 4 is 5.97 Å². The highest BCUT2D eigenvalue weighted by Gasteiger charge is 2.03. The van der Waals surface area contributed by atoms with E-state index in [-0.39, 0.29) is 5.97 Å². The molecule has 0 unspecified atom stereocenters. The number of ether oxygens (including phenoxy) is 1. The van der Waals surface area contributed by atoms with Crippen molar-refractivity contribution in [2.24, 2.45) is 0 Å². The molecule has 4 heteroatoms. The van der Waals surface area contributed by atoms with Crippen molar-refractivity contribution in [1.29, 1.82) is 5.26 Å². The van der Waals surface area contributed by atoms with Crippen molar-refractivity contribution in [2.75, 3.05) is 20.2 Å². The second-order valence-corrected chi connectivity index (χ2v) is 5.17. The van der Waals surface area contributed by atoms with E-state index in [1.165, 1.54) is 0 Å². The van der Waals surface area contributed by atoms with Gasteiger partial charge in [0.05, 0.1) is 18.2 Å². The molecular formula is C17H24N2O2. The number of carbonyl (C=O) groups excluding carboxylic acids is 1. The Bertz CT molecular complexity index is 480. The van der Waals surface area contributed by atoms with E-state index in [0.717, 1.165) is 37.9 Å². The summed E-state index contributed by atoms with van der Waals surface area (Å²) < 4.78 is 4.89. The molecule has 0 saturated heterocycles. The van der Waals surface area contributed by atoms with Crippen molar-refractivity contribution in [3.05, 3.63) is 35.4 Å². The average Bonchev–Trinajstić information content (AvgIpc) is 2.47. The van der Waals surface area contributed by atoms with Gasteiger partial charge in [-0.15, -0.1) is 0 Å². The average molecular weight is 288 g/mol. The lowest BCUT2D eigenvalue weighted by Gasteiger charge is -2.16. The van der Waals surface area contributed by atoms with E-state index in [1.54, 1.807) is 0 Å². The van der Waals surface area contributed by atoms with Gasteiger partial charge in [-0.05, 0) is 51.1 Å². The first-order valence-corrected chi connectivity index (χ1v) is 7.49. The van der Waals surface area contributed by atoms with Crippen LogP contribution < -0.4 is 0 Å². The summed E-state index contributed by atoms with van der Waals surface area (Å²) >= 11 is 0. The van der Waals surface area contributed by atoms with Gasteiger partial charge in [0.25, 0.3) is 0 Å². The van der Waals surface area contributed by atoms with Crippen molar-refractivity contribution in [3.63, 3.8) is 0 Å². The highest BCUT2D eigenvalue weighted by Crippen LogP contribution is 2.08. The number of nitriles is 1. The molecule has 0 radical (unpaired) electrons. The standard InChI is InChI=1S/C17H24N2O2/c1-3-21-17(20)10-5-4-6-11-19(2)14-16-9-7-8-15(12-16)13-18/h7-9,12H,3-6,10-11,14H2,1-2H3. The van der Waals surface area contributed by atoms with E-state index in [4.69, 9.17) is 10.00 Å². The minimum Gasteiger partial charge on any atom is -0.466 e. The first-order valence-electron chi connectivity index (χ1n) is 7.49. The minimum atomic E-state index is -0.0980. The van der Waals surface area contributed by atoms with E-state index in [2.05, 4.69) is 18.0 Å². The molecule has 0 heterocycles. The van der Waals surface area contributed by atoms with E-state index in [0.29, 0.717) is 18.6 Å². The Morgan fingerprint density at radius 3 is 2.86 bits per heavy atom. The molecule has 114 valence electrons. The second-order valence-electron chi connectivity index (χ2n) is 5.17. The number of carbonyl (C=O) groups is 1. The van der Waals surface area contributed by atoms with Crippen molar-refractivity contribution in [3.8, 4) is 6.07 Å². The summed E-state index contributed by atoms with van der Waals surface area (Å²) in [4.78, 5) is 13.4. The van der Waals surface area contributed by atoms with Gasteiger partial charge in [-0.1, -0.05) is 18.6 Å². The van der Waals surface area contributed by atoms with Crippen LogP contribution in [0.4, 0.5) is 0 Å². The number of benzene rings is 1. The van der Waals surface area contributed by atoms with Crippen LogP contribution >= 0.6 is 0 Å². The number of unbranched alkanes of at least 4 members (excludes halogenated alkanes) is 2. The molecule has 0 aromatic heterocycles. The zero-order valence-electron chi connectivity index (χ0n) is 13.0. The van der Waals surface area contributed by atoms with E-state index in [9.17, 15) is 4.79 Å². The predicted octanol–water partition coefficient (Wildman–Crippen LogP) is 3.11. The molecule has 1 aromatic carbocycles. The summed E-state index contributed by atoms with van der Waals surface area (Å²) in [6.07, 6.45) is 3.49. The van der Waals surface area contributed by atoms with Gasteiger partial charge in [-0.2, -0.15) is 5.26 Å². The number of esters is 1. The SMILES string of the molecule is CCOC(=O)CCCCCN(C)Cc1cccc(C#N)c1. The molecule has 1 aromatic rings. The molecular weight excluding hydrogens is 264 g/mol. The van der Waals surface area contributed by atoms with Crippen LogP contribution in [0.2, 0.25) is 0 Å². The Labute approximate surface area is 127 Å². The fourth-order valence-corrected chi connectivity index (χ4v) is 2.19. The summed E-state index contributed by atoms with van der Waals surface area (Å²) in [7, 11) is 2.07. The molecule has 0 fully saturated rings. The Balaban J connectivity index is 2.18. The minimum absolute atomic E-state index is 0.0980. The van der Waals surface area contributed by atoms with Gasteiger partial charge in [0, 0.05) is 13.0 Å². The molecule has 21 heavy (non-hydrogen) atoms.